The van der Waals surface area contributed by atoms with E-state index >= 15 is 0 Å². The molecule has 1 fully saturated rings. The minimum Gasteiger partial charge on any atom is -0.378 e. The van der Waals surface area contributed by atoms with Crippen molar-refractivity contribution in [3.05, 3.63) is 15.9 Å². The van der Waals surface area contributed by atoms with Gasteiger partial charge in [-0.1, -0.05) is 0 Å². The number of nitrogens with one attached hydrogen (secondary N) is 1. The first-order valence-electron chi connectivity index (χ1n) is 6.72. The zero-order valence-corrected chi connectivity index (χ0v) is 12.3. The maximum atomic E-state index is 12.3. The standard InChI is InChI=1S/C12H19N5O4/c1-8(12(18)16-4-6-21-7-5-16)13-10-11(17(19)20)14-9(2)15(10)3/h8,13H,4-7H2,1-3H3. The van der Waals surface area contributed by atoms with Gasteiger partial charge in [-0.15, -0.1) is 0 Å². The summed E-state index contributed by atoms with van der Waals surface area (Å²) in [6.07, 6.45) is 0. The van der Waals surface area contributed by atoms with Crippen molar-refractivity contribution in [2.75, 3.05) is 31.6 Å². The molecule has 1 atom stereocenters. The first kappa shape index (κ1) is 15.2. The van der Waals surface area contributed by atoms with Gasteiger partial charge in [-0.3, -0.25) is 9.36 Å². The van der Waals surface area contributed by atoms with E-state index in [1.807, 2.05) is 0 Å². The summed E-state index contributed by atoms with van der Waals surface area (Å²) < 4.78 is 6.77. The van der Waals surface area contributed by atoms with E-state index in [1.54, 1.807) is 30.4 Å². The highest BCUT2D eigenvalue weighted by Gasteiger charge is 2.28. The maximum Gasteiger partial charge on any atom is 0.406 e. The minimum absolute atomic E-state index is 0.105. The summed E-state index contributed by atoms with van der Waals surface area (Å²) in [6, 6.07) is -0.573. The predicted octanol–water partition coefficient (Wildman–Crippen LogP) is 0.296. The number of amides is 1. The summed E-state index contributed by atoms with van der Waals surface area (Å²) in [6.45, 7) is 5.47. The molecule has 1 aliphatic heterocycles. The minimum atomic E-state index is -0.573. The van der Waals surface area contributed by atoms with Crippen molar-refractivity contribution < 1.29 is 14.5 Å². The lowest BCUT2D eigenvalue weighted by molar-refractivity contribution is -0.388. The molecule has 1 aromatic rings. The Kier molecular flexibility index (Phi) is 4.41. The number of ether oxygens (including phenoxy) is 1. The van der Waals surface area contributed by atoms with E-state index < -0.39 is 11.0 Å². The second-order valence-corrected chi connectivity index (χ2v) is 4.95. The third-order valence-corrected chi connectivity index (χ3v) is 3.52. The van der Waals surface area contributed by atoms with Gasteiger partial charge < -0.3 is 25.1 Å². The average Bonchev–Trinajstić information content (AvgIpc) is 2.76. The van der Waals surface area contributed by atoms with Crippen LogP contribution in [0.3, 0.4) is 0 Å². The van der Waals surface area contributed by atoms with E-state index in [1.165, 1.54) is 0 Å². The SMILES string of the molecule is Cc1nc([N+](=O)[O-])c(NC(C)C(=O)N2CCOCC2)n1C. The van der Waals surface area contributed by atoms with Crippen LogP contribution in [-0.2, 0) is 16.6 Å². The van der Waals surface area contributed by atoms with Crippen molar-refractivity contribution >= 4 is 17.5 Å². The highest BCUT2D eigenvalue weighted by atomic mass is 16.6. The Hall–Kier alpha value is -2.16. The zero-order chi connectivity index (χ0) is 15.6. The van der Waals surface area contributed by atoms with E-state index in [0.717, 1.165) is 0 Å². The summed E-state index contributed by atoms with van der Waals surface area (Å²) in [5, 5.41) is 13.9. The number of nitrogens with zero attached hydrogens (tertiary/aromatic N) is 4. The Labute approximate surface area is 122 Å². The molecular weight excluding hydrogens is 278 g/mol. The van der Waals surface area contributed by atoms with Crippen LogP contribution in [0.1, 0.15) is 12.7 Å². The Morgan fingerprint density at radius 2 is 2.10 bits per heavy atom. The molecule has 9 heteroatoms. The Balaban J connectivity index is 2.13. The molecule has 1 saturated heterocycles. The number of morpholine rings is 1. The number of nitro groups is 1. The molecule has 0 radical (unpaired) electrons. The van der Waals surface area contributed by atoms with Crippen LogP contribution >= 0.6 is 0 Å². The Morgan fingerprint density at radius 3 is 2.67 bits per heavy atom. The molecule has 1 N–H and O–H groups in total. The number of aryl methyl sites for hydroxylation is 1. The molecule has 0 bridgehead atoms. The molecule has 1 aliphatic rings. The van der Waals surface area contributed by atoms with E-state index in [4.69, 9.17) is 4.74 Å². The zero-order valence-electron chi connectivity index (χ0n) is 12.3. The third-order valence-electron chi connectivity index (χ3n) is 3.52. The monoisotopic (exact) mass is 297 g/mol. The predicted molar refractivity (Wildman–Crippen MR) is 75.1 cm³/mol. The number of hydrogen-bond donors (Lipinski definition) is 1. The van der Waals surface area contributed by atoms with Gasteiger partial charge in [0.1, 0.15) is 6.04 Å². The molecule has 0 aliphatic carbocycles. The molecule has 2 rings (SSSR count). The van der Waals surface area contributed by atoms with Crippen LogP contribution in [0.25, 0.3) is 0 Å². The lowest BCUT2D eigenvalue weighted by Crippen LogP contribution is -2.47. The first-order valence-corrected chi connectivity index (χ1v) is 6.72. The molecule has 0 aromatic carbocycles. The normalized spacial score (nSPS) is 16.6. The van der Waals surface area contributed by atoms with Crippen molar-refractivity contribution in [1.82, 2.24) is 14.5 Å². The number of rotatable bonds is 4. The van der Waals surface area contributed by atoms with Gasteiger partial charge in [-0.05, 0) is 16.8 Å². The average molecular weight is 297 g/mol. The van der Waals surface area contributed by atoms with Crippen LogP contribution in [0.15, 0.2) is 0 Å². The van der Waals surface area contributed by atoms with Crippen molar-refractivity contribution in [3.8, 4) is 0 Å². The topological polar surface area (TPSA) is 103 Å². The number of carbonyl (C=O) groups excluding carboxylic acids is 1. The smallest absolute Gasteiger partial charge is 0.378 e. The van der Waals surface area contributed by atoms with Crippen LogP contribution in [0.4, 0.5) is 11.6 Å². The molecule has 1 unspecified atom stereocenters. The summed E-state index contributed by atoms with van der Waals surface area (Å²) in [5.41, 5.74) is 0. The molecule has 21 heavy (non-hydrogen) atoms. The maximum absolute atomic E-state index is 12.3. The number of carbonyl (C=O) groups is 1. The fourth-order valence-electron chi connectivity index (χ4n) is 2.21. The second-order valence-electron chi connectivity index (χ2n) is 4.95. The quantitative estimate of drug-likeness (QED) is 0.633. The fraction of sp³-hybridized carbons (Fsp3) is 0.667. The molecular formula is C12H19N5O4. The van der Waals surface area contributed by atoms with E-state index in [-0.39, 0.29) is 17.5 Å². The summed E-state index contributed by atoms with van der Waals surface area (Å²) in [5.74, 6) is 0.380. The molecule has 2 heterocycles. The first-order chi connectivity index (χ1) is 9.91. The molecule has 1 amide bonds. The second kappa shape index (κ2) is 6.08. The number of aromatic nitrogens is 2. The molecule has 0 spiro atoms. The lowest BCUT2D eigenvalue weighted by Gasteiger charge is -2.29. The van der Waals surface area contributed by atoms with Gasteiger partial charge in [0.2, 0.25) is 17.5 Å². The number of anilines is 1. The molecule has 9 nitrogen and oxygen atoms in total. The van der Waals surface area contributed by atoms with E-state index in [2.05, 4.69) is 10.3 Å². The van der Waals surface area contributed by atoms with Crippen LogP contribution < -0.4 is 5.32 Å². The lowest BCUT2D eigenvalue weighted by atomic mass is 10.2. The van der Waals surface area contributed by atoms with Crippen molar-refractivity contribution in [2.45, 2.75) is 19.9 Å². The van der Waals surface area contributed by atoms with Crippen molar-refractivity contribution in [2.24, 2.45) is 7.05 Å². The molecule has 1 aromatic heterocycles. The van der Waals surface area contributed by atoms with Gasteiger partial charge in [-0.25, -0.2) is 0 Å². The third kappa shape index (κ3) is 3.13. The molecule has 0 saturated carbocycles. The fourth-order valence-corrected chi connectivity index (χ4v) is 2.21. The van der Waals surface area contributed by atoms with E-state index in [0.29, 0.717) is 32.1 Å². The summed E-state index contributed by atoms with van der Waals surface area (Å²) >= 11 is 0. The van der Waals surface area contributed by atoms with Crippen LogP contribution in [0.2, 0.25) is 0 Å². The molecule has 116 valence electrons. The van der Waals surface area contributed by atoms with Crippen molar-refractivity contribution in [3.63, 3.8) is 0 Å². The Morgan fingerprint density at radius 1 is 1.48 bits per heavy atom. The highest BCUT2D eigenvalue weighted by Crippen LogP contribution is 2.24. The van der Waals surface area contributed by atoms with E-state index in [9.17, 15) is 14.9 Å². The van der Waals surface area contributed by atoms with Gasteiger partial charge >= 0.3 is 5.82 Å². The van der Waals surface area contributed by atoms with Crippen LogP contribution in [-0.4, -0.2) is 57.6 Å². The van der Waals surface area contributed by atoms with Gasteiger partial charge in [0, 0.05) is 27.1 Å². The number of imidazole rings is 1. The summed E-state index contributed by atoms with van der Waals surface area (Å²) in [4.78, 5) is 28.4. The van der Waals surface area contributed by atoms with Gasteiger partial charge in [0.15, 0.2) is 0 Å². The van der Waals surface area contributed by atoms with Gasteiger partial charge in [-0.2, -0.15) is 0 Å². The summed E-state index contributed by atoms with van der Waals surface area (Å²) in [7, 11) is 1.67. The number of hydrogen-bond acceptors (Lipinski definition) is 6. The van der Waals surface area contributed by atoms with Crippen LogP contribution in [0.5, 0.6) is 0 Å². The largest absolute Gasteiger partial charge is 0.406 e. The van der Waals surface area contributed by atoms with Gasteiger partial charge in [0.05, 0.1) is 13.2 Å². The van der Waals surface area contributed by atoms with Crippen molar-refractivity contribution in [1.29, 1.82) is 0 Å². The Bertz CT molecular complexity index is 550. The van der Waals surface area contributed by atoms with Gasteiger partial charge in [0.25, 0.3) is 0 Å². The highest BCUT2D eigenvalue weighted by molar-refractivity contribution is 5.84. The van der Waals surface area contributed by atoms with Crippen LogP contribution in [0, 0.1) is 17.0 Å².